The van der Waals surface area contributed by atoms with E-state index in [2.05, 4.69) is 18.4 Å². The Bertz CT molecular complexity index is 221. The van der Waals surface area contributed by atoms with Crippen molar-refractivity contribution >= 4 is 11.3 Å². The molecule has 80 valence electrons. The van der Waals surface area contributed by atoms with Gasteiger partial charge in [0.2, 0.25) is 0 Å². The number of aliphatic hydroxyl groups is 1. The molecule has 0 saturated heterocycles. The van der Waals surface area contributed by atoms with Gasteiger partial charge < -0.3 is 9.84 Å². The predicted molar refractivity (Wildman–Crippen MR) is 59.8 cm³/mol. The van der Waals surface area contributed by atoms with Crippen LogP contribution >= 0.6 is 11.3 Å². The molecule has 1 N–H and O–H groups in total. The summed E-state index contributed by atoms with van der Waals surface area (Å²) in [4.78, 5) is 1.33. The molecule has 14 heavy (non-hydrogen) atoms. The van der Waals surface area contributed by atoms with Gasteiger partial charge in [0.25, 0.3) is 0 Å². The summed E-state index contributed by atoms with van der Waals surface area (Å²) in [5, 5.41) is 11.6. The normalized spacial score (nSPS) is 13.0. The van der Waals surface area contributed by atoms with Gasteiger partial charge in [0.05, 0.1) is 12.7 Å². The van der Waals surface area contributed by atoms with Gasteiger partial charge in [-0.2, -0.15) is 0 Å². The van der Waals surface area contributed by atoms with Crippen molar-refractivity contribution in [3.05, 3.63) is 22.4 Å². The fourth-order valence-corrected chi connectivity index (χ4v) is 1.94. The molecule has 0 saturated carbocycles. The third-order valence-corrected chi connectivity index (χ3v) is 2.90. The Labute approximate surface area is 89.5 Å². The van der Waals surface area contributed by atoms with E-state index in [-0.39, 0.29) is 6.10 Å². The summed E-state index contributed by atoms with van der Waals surface area (Å²) in [6, 6.07) is 4.14. The highest BCUT2D eigenvalue weighted by Crippen LogP contribution is 2.12. The van der Waals surface area contributed by atoms with Gasteiger partial charge in [0.1, 0.15) is 0 Å². The van der Waals surface area contributed by atoms with Crippen molar-refractivity contribution in [2.45, 2.75) is 32.3 Å². The van der Waals surface area contributed by atoms with Crippen LogP contribution in [0.25, 0.3) is 0 Å². The highest BCUT2D eigenvalue weighted by Gasteiger charge is 2.04. The third-order valence-electron chi connectivity index (χ3n) is 1.96. The summed E-state index contributed by atoms with van der Waals surface area (Å²) in [5.74, 6) is 0. The molecule has 1 heterocycles. The van der Waals surface area contributed by atoms with E-state index >= 15 is 0 Å². The fourth-order valence-electron chi connectivity index (χ4n) is 1.21. The van der Waals surface area contributed by atoms with Crippen LogP contribution in [0.15, 0.2) is 17.5 Å². The minimum absolute atomic E-state index is 0.316. The molecule has 1 atom stereocenters. The summed E-state index contributed by atoms with van der Waals surface area (Å²) in [5.41, 5.74) is 0. The van der Waals surface area contributed by atoms with Crippen LogP contribution in [0.4, 0.5) is 0 Å². The fraction of sp³-hybridized carbons (Fsp3) is 0.636. The van der Waals surface area contributed by atoms with Crippen LogP contribution in [0.2, 0.25) is 0 Å². The highest BCUT2D eigenvalue weighted by atomic mass is 32.1. The second-order valence-corrected chi connectivity index (χ2v) is 4.38. The van der Waals surface area contributed by atoms with Crippen LogP contribution in [-0.2, 0) is 11.2 Å². The zero-order valence-electron chi connectivity index (χ0n) is 8.61. The van der Waals surface area contributed by atoms with E-state index in [1.165, 1.54) is 4.88 Å². The zero-order chi connectivity index (χ0) is 10.2. The number of hydrogen-bond donors (Lipinski definition) is 1. The largest absolute Gasteiger partial charge is 0.391 e. The molecule has 1 aromatic rings. The molecule has 0 aliphatic carbocycles. The Hall–Kier alpha value is -0.380. The molecule has 0 aromatic carbocycles. The average molecular weight is 214 g/mol. The van der Waals surface area contributed by atoms with E-state index in [1.54, 1.807) is 11.3 Å². The van der Waals surface area contributed by atoms with Gasteiger partial charge >= 0.3 is 0 Å². The van der Waals surface area contributed by atoms with Gasteiger partial charge in [-0.25, -0.2) is 0 Å². The summed E-state index contributed by atoms with van der Waals surface area (Å²) in [7, 11) is 0. The molecule has 1 aromatic heterocycles. The minimum Gasteiger partial charge on any atom is -0.391 e. The molecule has 1 rings (SSSR count). The van der Waals surface area contributed by atoms with Crippen molar-refractivity contribution in [3.63, 3.8) is 0 Å². The lowest BCUT2D eigenvalue weighted by Gasteiger charge is -2.09. The Kier molecular flexibility index (Phi) is 5.83. The van der Waals surface area contributed by atoms with Gasteiger partial charge in [-0.3, -0.25) is 0 Å². The molecule has 0 amide bonds. The van der Waals surface area contributed by atoms with Crippen LogP contribution in [0, 0.1) is 0 Å². The number of aryl methyl sites for hydroxylation is 1. The lowest BCUT2D eigenvalue weighted by molar-refractivity contribution is 0.0331. The second kappa shape index (κ2) is 6.98. The molecular weight excluding hydrogens is 196 g/mol. The number of aliphatic hydroxyl groups excluding tert-OH is 1. The summed E-state index contributed by atoms with van der Waals surface area (Å²) in [6.07, 6.45) is 2.44. The maximum atomic E-state index is 9.55. The molecule has 0 radical (unpaired) electrons. The van der Waals surface area contributed by atoms with E-state index in [4.69, 9.17) is 4.74 Å². The molecule has 0 spiro atoms. The average Bonchev–Trinajstić information content (AvgIpc) is 2.68. The molecule has 0 aliphatic heterocycles. The summed E-state index contributed by atoms with van der Waals surface area (Å²) < 4.78 is 5.27. The van der Waals surface area contributed by atoms with E-state index in [9.17, 15) is 5.11 Å². The van der Waals surface area contributed by atoms with E-state index in [0.717, 1.165) is 25.9 Å². The molecule has 0 fully saturated rings. The molecule has 0 bridgehead atoms. The van der Waals surface area contributed by atoms with Crippen LogP contribution in [-0.4, -0.2) is 24.4 Å². The Balaban J connectivity index is 2.06. The molecule has 3 heteroatoms. The smallest absolute Gasteiger partial charge is 0.0777 e. The van der Waals surface area contributed by atoms with E-state index < -0.39 is 0 Å². The highest BCUT2D eigenvalue weighted by molar-refractivity contribution is 7.09. The molecule has 1 unspecified atom stereocenters. The van der Waals surface area contributed by atoms with Crippen LogP contribution < -0.4 is 0 Å². The maximum absolute atomic E-state index is 9.55. The van der Waals surface area contributed by atoms with Crippen LogP contribution in [0.5, 0.6) is 0 Å². The summed E-state index contributed by atoms with van der Waals surface area (Å²) >= 11 is 1.74. The van der Waals surface area contributed by atoms with Crippen molar-refractivity contribution in [1.82, 2.24) is 0 Å². The van der Waals surface area contributed by atoms with Gasteiger partial charge in [0.15, 0.2) is 0 Å². The number of rotatable bonds is 7. The Morgan fingerprint density at radius 1 is 1.57 bits per heavy atom. The Morgan fingerprint density at radius 2 is 2.43 bits per heavy atom. The number of hydrogen-bond acceptors (Lipinski definition) is 3. The molecule has 2 nitrogen and oxygen atoms in total. The van der Waals surface area contributed by atoms with Crippen LogP contribution in [0.3, 0.4) is 0 Å². The second-order valence-electron chi connectivity index (χ2n) is 3.35. The zero-order valence-corrected chi connectivity index (χ0v) is 9.43. The number of ether oxygens (including phenoxy) is 1. The number of thiophene rings is 1. The van der Waals surface area contributed by atoms with Gasteiger partial charge in [0, 0.05) is 11.5 Å². The molecular formula is C11H18O2S. The van der Waals surface area contributed by atoms with E-state index in [0.29, 0.717) is 6.61 Å². The van der Waals surface area contributed by atoms with Crippen LogP contribution in [0.1, 0.15) is 24.6 Å². The third kappa shape index (κ3) is 4.74. The van der Waals surface area contributed by atoms with Crippen molar-refractivity contribution < 1.29 is 9.84 Å². The van der Waals surface area contributed by atoms with Gasteiger partial charge in [-0.1, -0.05) is 13.0 Å². The predicted octanol–water partition coefficient (Wildman–Crippen LogP) is 2.47. The first kappa shape index (κ1) is 11.7. The van der Waals surface area contributed by atoms with Crippen molar-refractivity contribution in [2.24, 2.45) is 0 Å². The van der Waals surface area contributed by atoms with Gasteiger partial charge in [-0.05, 0) is 30.7 Å². The maximum Gasteiger partial charge on any atom is 0.0777 e. The van der Waals surface area contributed by atoms with Crippen molar-refractivity contribution in [2.75, 3.05) is 13.2 Å². The lowest BCUT2D eigenvalue weighted by atomic mass is 10.2. The summed E-state index contributed by atoms with van der Waals surface area (Å²) in [6.45, 7) is 3.29. The van der Waals surface area contributed by atoms with E-state index in [1.807, 2.05) is 6.07 Å². The SMILES string of the molecule is CCCOCC(O)CCc1cccs1. The first-order valence-electron chi connectivity index (χ1n) is 5.11. The minimum atomic E-state index is -0.316. The standard InChI is InChI=1S/C11H18O2S/c1-2-7-13-9-10(12)5-6-11-4-3-8-14-11/h3-4,8,10,12H,2,5-7,9H2,1H3. The quantitative estimate of drug-likeness (QED) is 0.707. The first-order chi connectivity index (χ1) is 6.83. The monoisotopic (exact) mass is 214 g/mol. The van der Waals surface area contributed by atoms with Crippen molar-refractivity contribution in [1.29, 1.82) is 0 Å². The van der Waals surface area contributed by atoms with Crippen molar-refractivity contribution in [3.8, 4) is 0 Å². The lowest BCUT2D eigenvalue weighted by Crippen LogP contribution is -2.16. The van der Waals surface area contributed by atoms with Gasteiger partial charge in [-0.15, -0.1) is 11.3 Å². The Morgan fingerprint density at radius 3 is 3.07 bits per heavy atom. The first-order valence-corrected chi connectivity index (χ1v) is 5.99. The topological polar surface area (TPSA) is 29.5 Å². The molecule has 0 aliphatic rings.